The molecule has 7 aromatic carbocycles. The van der Waals surface area contributed by atoms with Crippen molar-refractivity contribution in [3.8, 4) is 56.4 Å². The molecule has 0 amide bonds. The predicted molar refractivity (Wildman–Crippen MR) is 192 cm³/mol. The summed E-state index contributed by atoms with van der Waals surface area (Å²) in [5, 5.41) is 4.28. The number of hydrogen-bond donors (Lipinski definition) is 0. The Labute approximate surface area is 274 Å². The Balaban J connectivity index is 1.15. The molecule has 0 atom stereocenters. The molecule has 0 aliphatic rings. The molecule has 220 valence electrons. The maximum Gasteiger partial charge on any atom is 0.164 e. The van der Waals surface area contributed by atoms with E-state index in [-0.39, 0.29) is 0 Å². The molecule has 9 rings (SSSR count). The zero-order valence-electron chi connectivity index (χ0n) is 27.2. The molecule has 0 aliphatic carbocycles. The van der Waals surface area contributed by atoms with Gasteiger partial charge in [-0.15, -0.1) is 0 Å². The first-order valence-electron chi connectivity index (χ1n) is 16.5. The third-order valence-electron chi connectivity index (χ3n) is 8.61. The summed E-state index contributed by atoms with van der Waals surface area (Å²) in [6, 6.07) is 51.1. The van der Waals surface area contributed by atoms with Gasteiger partial charge >= 0.3 is 0 Å². The van der Waals surface area contributed by atoms with E-state index >= 15 is 0 Å². The zero-order chi connectivity index (χ0) is 32.9. The molecule has 4 heteroatoms. The van der Waals surface area contributed by atoms with Gasteiger partial charge in [0.15, 0.2) is 17.5 Å². The minimum Gasteiger partial charge on any atom is -0.456 e. The van der Waals surface area contributed by atoms with Crippen molar-refractivity contribution < 1.29 is 7.16 Å². The molecule has 0 saturated heterocycles. The normalized spacial score (nSPS) is 12.0. The lowest BCUT2D eigenvalue weighted by molar-refractivity contribution is 0.669. The van der Waals surface area contributed by atoms with Gasteiger partial charge in [-0.1, -0.05) is 133 Å². The Morgan fingerprint density at radius 3 is 1.62 bits per heavy atom. The molecule has 0 unspecified atom stereocenters. The molecular formula is C43H27N3O. The van der Waals surface area contributed by atoms with Crippen molar-refractivity contribution in [1.82, 2.24) is 15.0 Å². The molecule has 0 N–H and O–H groups in total. The highest BCUT2D eigenvalue weighted by Gasteiger charge is 2.18. The van der Waals surface area contributed by atoms with Gasteiger partial charge in [0.1, 0.15) is 11.2 Å². The average molecular weight is 604 g/mol. The highest BCUT2D eigenvalue weighted by Crippen LogP contribution is 2.38. The number of hydrogen-bond acceptors (Lipinski definition) is 4. The van der Waals surface area contributed by atoms with Crippen LogP contribution in [0.25, 0.3) is 89.1 Å². The van der Waals surface area contributed by atoms with Crippen LogP contribution in [0.5, 0.6) is 0 Å². The smallest absolute Gasteiger partial charge is 0.164 e. The lowest BCUT2D eigenvalue weighted by atomic mass is 9.97. The largest absolute Gasteiger partial charge is 0.456 e. The van der Waals surface area contributed by atoms with Gasteiger partial charge in [0.05, 0.1) is 2.74 Å². The van der Waals surface area contributed by atoms with Crippen LogP contribution in [0.4, 0.5) is 0 Å². The summed E-state index contributed by atoms with van der Waals surface area (Å²) in [5.41, 5.74) is 8.55. The maximum absolute atomic E-state index is 7.94. The van der Waals surface area contributed by atoms with Crippen LogP contribution in [0.1, 0.15) is 2.74 Å². The second-order valence-corrected chi connectivity index (χ2v) is 11.5. The summed E-state index contributed by atoms with van der Waals surface area (Å²) in [5.74, 6) is 1.54. The van der Waals surface area contributed by atoms with E-state index in [1.165, 1.54) is 21.9 Å². The molecule has 0 spiro atoms. The maximum atomic E-state index is 7.94. The number of furan rings is 1. The highest BCUT2D eigenvalue weighted by atomic mass is 16.3. The van der Waals surface area contributed by atoms with Gasteiger partial charge in [0.25, 0.3) is 0 Å². The molecule has 47 heavy (non-hydrogen) atoms. The molecule has 2 aromatic heterocycles. The number of benzene rings is 7. The van der Waals surface area contributed by atoms with Crippen LogP contribution >= 0.6 is 0 Å². The van der Waals surface area contributed by atoms with Crippen LogP contribution < -0.4 is 0 Å². The molecule has 0 aliphatic heterocycles. The van der Waals surface area contributed by atoms with E-state index in [9.17, 15) is 0 Å². The fourth-order valence-corrected chi connectivity index (χ4v) is 6.25. The molecule has 0 radical (unpaired) electrons. The quantitative estimate of drug-likeness (QED) is 0.196. The Kier molecular flexibility index (Phi) is 5.93. The Hall–Kier alpha value is -6.39. The second-order valence-electron chi connectivity index (χ2n) is 11.5. The summed E-state index contributed by atoms with van der Waals surface area (Å²) in [6.07, 6.45) is 0. The van der Waals surface area contributed by atoms with Gasteiger partial charge in [-0.25, -0.2) is 15.0 Å². The van der Waals surface area contributed by atoms with Crippen molar-refractivity contribution in [2.45, 2.75) is 0 Å². The Morgan fingerprint density at radius 2 is 0.957 bits per heavy atom. The van der Waals surface area contributed by atoms with Crippen molar-refractivity contribution in [3.05, 3.63) is 164 Å². The summed E-state index contributed by atoms with van der Waals surface area (Å²) in [6.45, 7) is 0. The van der Waals surface area contributed by atoms with Crippen LogP contribution in [0.3, 0.4) is 0 Å². The van der Waals surface area contributed by atoms with Crippen LogP contribution in [0.15, 0.2) is 168 Å². The van der Waals surface area contributed by atoms with E-state index in [4.69, 9.17) is 22.1 Å². The second kappa shape index (κ2) is 11.2. The minimum absolute atomic E-state index is 0.416. The van der Waals surface area contributed by atoms with E-state index in [1.807, 2.05) is 48.5 Å². The van der Waals surface area contributed by atoms with Gasteiger partial charge < -0.3 is 4.42 Å². The third kappa shape index (κ3) is 4.93. The van der Waals surface area contributed by atoms with Crippen LogP contribution in [0.2, 0.25) is 0 Å². The van der Waals surface area contributed by atoms with Crippen molar-refractivity contribution in [2.75, 3.05) is 0 Å². The van der Waals surface area contributed by atoms with E-state index in [2.05, 4.69) is 78.9 Å². The molecular weight excluding hydrogens is 574 g/mol. The summed E-state index contributed by atoms with van der Waals surface area (Å²) in [7, 11) is 0. The zero-order valence-corrected chi connectivity index (χ0v) is 25.2. The standard InChI is InChI=1S/C43H27N3O/c1-4-11-28(12-5-1)31-19-20-33-26-34(22-21-32(33)25-31)35-23-24-36-39(27-35)47-38-18-10-17-37(40(36)38)43-45-41(29-13-6-2-7-14-29)44-42(46-43)30-15-8-3-9-16-30/h1-27H/i2D,3D. The first kappa shape index (κ1) is 24.9. The Morgan fingerprint density at radius 1 is 0.404 bits per heavy atom. The van der Waals surface area contributed by atoms with Gasteiger partial charge in [0.2, 0.25) is 0 Å². The summed E-state index contributed by atoms with van der Waals surface area (Å²) >= 11 is 0. The Bertz CT molecular complexity index is 2600. The van der Waals surface area contributed by atoms with Crippen molar-refractivity contribution in [1.29, 1.82) is 0 Å². The lowest BCUT2D eigenvalue weighted by Gasteiger charge is -2.09. The van der Waals surface area contributed by atoms with E-state index in [0.29, 0.717) is 29.6 Å². The van der Waals surface area contributed by atoms with E-state index in [1.54, 1.807) is 24.3 Å². The number of nitrogens with zero attached hydrogens (tertiary/aromatic N) is 3. The number of rotatable bonds is 5. The SMILES string of the molecule is [2H]c1ccc(-c2nc(-c3ccc([2H])cc3)nc(-c3cccc4oc5cc(-c6ccc7cc(-c8ccccc8)ccc7c6)ccc5c34)n2)cc1. The number of fused-ring (bicyclic) bond motifs is 4. The fourth-order valence-electron chi connectivity index (χ4n) is 6.25. The van der Waals surface area contributed by atoms with E-state index in [0.717, 1.165) is 49.8 Å². The number of aromatic nitrogens is 3. The molecule has 0 bridgehead atoms. The van der Waals surface area contributed by atoms with Crippen molar-refractivity contribution in [3.63, 3.8) is 0 Å². The van der Waals surface area contributed by atoms with Crippen LogP contribution in [-0.2, 0) is 0 Å². The van der Waals surface area contributed by atoms with Gasteiger partial charge in [0, 0.05) is 27.5 Å². The first-order valence-corrected chi connectivity index (χ1v) is 15.5. The molecule has 2 heterocycles. The first-order chi connectivity index (χ1) is 24.1. The van der Waals surface area contributed by atoms with Crippen molar-refractivity contribution >= 4 is 32.7 Å². The lowest BCUT2D eigenvalue weighted by Crippen LogP contribution is -2.00. The van der Waals surface area contributed by atoms with Gasteiger partial charge in [-0.3, -0.25) is 0 Å². The molecule has 9 aromatic rings. The summed E-state index contributed by atoms with van der Waals surface area (Å²) < 4.78 is 22.3. The van der Waals surface area contributed by atoms with Crippen molar-refractivity contribution in [2.24, 2.45) is 0 Å². The molecule has 4 nitrogen and oxygen atoms in total. The third-order valence-corrected chi connectivity index (χ3v) is 8.61. The molecule has 0 fully saturated rings. The average Bonchev–Trinajstić information content (AvgIpc) is 3.53. The van der Waals surface area contributed by atoms with Gasteiger partial charge in [-0.2, -0.15) is 0 Å². The van der Waals surface area contributed by atoms with Crippen LogP contribution in [-0.4, -0.2) is 15.0 Å². The fraction of sp³-hybridized carbons (Fsp3) is 0. The van der Waals surface area contributed by atoms with Gasteiger partial charge in [-0.05, 0) is 63.4 Å². The molecule has 0 saturated carbocycles. The minimum atomic E-state index is 0.416. The predicted octanol–water partition coefficient (Wildman–Crippen LogP) is 11.3. The van der Waals surface area contributed by atoms with Crippen LogP contribution in [0, 0.1) is 0 Å². The highest BCUT2D eigenvalue weighted by molar-refractivity contribution is 6.12. The monoisotopic (exact) mass is 603 g/mol. The van der Waals surface area contributed by atoms with E-state index < -0.39 is 0 Å². The topological polar surface area (TPSA) is 51.8 Å². The summed E-state index contributed by atoms with van der Waals surface area (Å²) in [4.78, 5) is 14.7.